The Morgan fingerprint density at radius 1 is 0.786 bits per heavy atom. The molecule has 0 aromatic carbocycles. The normalized spacial score (nSPS) is 29.1. The summed E-state index contributed by atoms with van der Waals surface area (Å²) in [7, 11) is 0. The number of carbonyl (C=O) groups is 3. The average molecular weight is 789 g/mol. The van der Waals surface area contributed by atoms with Gasteiger partial charge in [0.2, 0.25) is 5.91 Å². The molecule has 10 nitrogen and oxygen atoms in total. The van der Waals surface area contributed by atoms with Crippen LogP contribution < -0.4 is 10.6 Å². The van der Waals surface area contributed by atoms with E-state index in [1.165, 1.54) is 56.9 Å². The van der Waals surface area contributed by atoms with Crippen molar-refractivity contribution in [3.8, 4) is 0 Å². The van der Waals surface area contributed by atoms with Crippen LogP contribution >= 0.6 is 0 Å². The van der Waals surface area contributed by atoms with Crippen LogP contribution in [0.3, 0.4) is 0 Å². The molecule has 0 spiro atoms. The molecule has 2 N–H and O–H groups in total. The van der Waals surface area contributed by atoms with Gasteiger partial charge in [0.15, 0.2) is 0 Å². The zero-order valence-electron chi connectivity index (χ0n) is 36.6. The number of fused-ring (bicyclic) bond motifs is 5. The Labute approximate surface area is 340 Å². The Balaban J connectivity index is 1.02. The minimum absolute atomic E-state index is 0.0775. The van der Waals surface area contributed by atoms with Gasteiger partial charge in [-0.05, 0) is 125 Å². The molecule has 0 aromatic rings. The Bertz CT molecular complexity index is 1260. The maximum absolute atomic E-state index is 12.8. The SMILES string of the molecule is CC(C)CCC[C@@H](C)[C@H]1CC[C@H]2[C@@H]3CC=C4C[C@@H](OC(=O)CCC(=O)NCCCOCCOCCOCCCNC(=O)OC(C)(C)C)CC[C@]4(C)[C@H]3CC[C@]12C. The van der Waals surface area contributed by atoms with Crippen molar-refractivity contribution in [2.45, 2.75) is 163 Å². The summed E-state index contributed by atoms with van der Waals surface area (Å²) in [5, 5.41) is 5.59. The molecule has 56 heavy (non-hydrogen) atoms. The van der Waals surface area contributed by atoms with Gasteiger partial charge < -0.3 is 34.3 Å². The predicted octanol–water partition coefficient (Wildman–Crippen LogP) is 9.19. The summed E-state index contributed by atoms with van der Waals surface area (Å²) in [6.45, 7) is 21.9. The van der Waals surface area contributed by atoms with Crippen LogP contribution in [0, 0.1) is 46.3 Å². The molecule has 2 amide bonds. The van der Waals surface area contributed by atoms with E-state index in [-0.39, 0.29) is 36.2 Å². The molecular formula is C46H80N2O8. The topological polar surface area (TPSA) is 121 Å². The summed E-state index contributed by atoms with van der Waals surface area (Å²) in [5.41, 5.74) is 1.75. The van der Waals surface area contributed by atoms with Gasteiger partial charge in [-0.25, -0.2) is 4.79 Å². The van der Waals surface area contributed by atoms with Crippen molar-refractivity contribution < 1.29 is 38.1 Å². The first-order valence-corrected chi connectivity index (χ1v) is 22.5. The van der Waals surface area contributed by atoms with Gasteiger partial charge in [0, 0.05) is 39.1 Å². The number of hydrogen-bond acceptors (Lipinski definition) is 8. The molecule has 0 aromatic heterocycles. The van der Waals surface area contributed by atoms with Crippen molar-refractivity contribution >= 4 is 18.0 Å². The highest BCUT2D eigenvalue weighted by Gasteiger charge is 2.59. The molecule has 322 valence electrons. The maximum atomic E-state index is 12.8. The minimum Gasteiger partial charge on any atom is -0.462 e. The summed E-state index contributed by atoms with van der Waals surface area (Å²) in [6, 6.07) is 0. The molecule has 8 atom stereocenters. The molecule has 10 heteroatoms. The van der Waals surface area contributed by atoms with E-state index < -0.39 is 11.7 Å². The third-order valence-electron chi connectivity index (χ3n) is 13.8. The van der Waals surface area contributed by atoms with Crippen LogP contribution in [-0.4, -0.2) is 82.4 Å². The molecule has 4 aliphatic carbocycles. The fraction of sp³-hybridized carbons (Fsp3) is 0.891. The Morgan fingerprint density at radius 3 is 2.11 bits per heavy atom. The van der Waals surface area contributed by atoms with Crippen molar-refractivity contribution in [2.75, 3.05) is 52.7 Å². The summed E-state index contributed by atoms with van der Waals surface area (Å²) in [5.74, 6) is 4.51. The van der Waals surface area contributed by atoms with E-state index in [2.05, 4.69) is 51.3 Å². The zero-order valence-corrected chi connectivity index (χ0v) is 36.6. The highest BCUT2D eigenvalue weighted by molar-refractivity contribution is 5.81. The van der Waals surface area contributed by atoms with Crippen molar-refractivity contribution in [1.82, 2.24) is 10.6 Å². The molecule has 0 saturated heterocycles. The fourth-order valence-electron chi connectivity index (χ4n) is 10.9. The number of carbonyl (C=O) groups excluding carboxylic acids is 3. The number of hydrogen-bond donors (Lipinski definition) is 2. The number of amides is 2. The number of allylic oxidation sites excluding steroid dienone is 1. The van der Waals surface area contributed by atoms with E-state index in [1.807, 2.05) is 20.8 Å². The quantitative estimate of drug-likeness (QED) is 0.0598. The molecule has 0 radical (unpaired) electrons. The van der Waals surface area contributed by atoms with Gasteiger partial charge in [-0.1, -0.05) is 65.5 Å². The first-order valence-electron chi connectivity index (χ1n) is 22.5. The number of esters is 1. The van der Waals surface area contributed by atoms with Crippen LogP contribution in [0.25, 0.3) is 0 Å². The zero-order chi connectivity index (χ0) is 40.8. The van der Waals surface area contributed by atoms with Crippen molar-refractivity contribution in [3.63, 3.8) is 0 Å². The van der Waals surface area contributed by atoms with Gasteiger partial charge in [-0.3, -0.25) is 9.59 Å². The lowest BCUT2D eigenvalue weighted by Gasteiger charge is -2.58. The van der Waals surface area contributed by atoms with Crippen molar-refractivity contribution in [2.24, 2.45) is 46.3 Å². The highest BCUT2D eigenvalue weighted by Crippen LogP contribution is 2.67. The number of ether oxygens (including phenoxy) is 5. The highest BCUT2D eigenvalue weighted by atomic mass is 16.6. The molecular weight excluding hydrogens is 709 g/mol. The summed E-state index contributed by atoms with van der Waals surface area (Å²) >= 11 is 0. The Kier molecular flexibility index (Phi) is 18.5. The largest absolute Gasteiger partial charge is 0.462 e. The number of alkyl carbamates (subject to hydrolysis) is 1. The van der Waals surface area contributed by atoms with Gasteiger partial charge in [-0.15, -0.1) is 0 Å². The smallest absolute Gasteiger partial charge is 0.407 e. The van der Waals surface area contributed by atoms with Gasteiger partial charge >= 0.3 is 12.1 Å². The third-order valence-corrected chi connectivity index (χ3v) is 13.8. The monoisotopic (exact) mass is 789 g/mol. The molecule has 0 aliphatic heterocycles. The van der Waals surface area contributed by atoms with Gasteiger partial charge in [0.1, 0.15) is 11.7 Å². The second-order valence-electron chi connectivity index (χ2n) is 19.5. The van der Waals surface area contributed by atoms with Crippen molar-refractivity contribution in [1.29, 1.82) is 0 Å². The van der Waals surface area contributed by atoms with E-state index in [9.17, 15) is 14.4 Å². The molecule has 3 saturated carbocycles. The van der Waals surface area contributed by atoms with Crippen LogP contribution in [0.2, 0.25) is 0 Å². The first kappa shape index (κ1) is 46.5. The van der Waals surface area contributed by atoms with Gasteiger partial charge in [0.25, 0.3) is 0 Å². The van der Waals surface area contributed by atoms with E-state index in [0.29, 0.717) is 71.0 Å². The molecule has 4 aliphatic rings. The second-order valence-corrected chi connectivity index (χ2v) is 19.5. The van der Waals surface area contributed by atoms with Gasteiger partial charge in [0.05, 0.1) is 32.8 Å². The lowest BCUT2D eigenvalue weighted by atomic mass is 9.47. The Morgan fingerprint density at radius 2 is 1.45 bits per heavy atom. The summed E-state index contributed by atoms with van der Waals surface area (Å²) in [6.07, 6.45) is 17.4. The maximum Gasteiger partial charge on any atom is 0.407 e. The molecule has 3 fully saturated rings. The number of nitrogens with one attached hydrogen (secondary N) is 2. The molecule has 0 heterocycles. The summed E-state index contributed by atoms with van der Waals surface area (Å²) < 4.78 is 27.8. The molecule has 4 rings (SSSR count). The third kappa shape index (κ3) is 14.0. The van der Waals surface area contributed by atoms with E-state index >= 15 is 0 Å². The van der Waals surface area contributed by atoms with Gasteiger partial charge in [-0.2, -0.15) is 0 Å². The first-order chi connectivity index (χ1) is 26.6. The van der Waals surface area contributed by atoms with Crippen molar-refractivity contribution in [3.05, 3.63) is 11.6 Å². The molecule has 0 bridgehead atoms. The fourth-order valence-corrected chi connectivity index (χ4v) is 10.9. The van der Waals surface area contributed by atoms with Crippen LogP contribution in [0.4, 0.5) is 4.79 Å². The van der Waals surface area contributed by atoms with Crippen LogP contribution in [0.5, 0.6) is 0 Å². The van der Waals surface area contributed by atoms with Crippen LogP contribution in [0.1, 0.15) is 152 Å². The number of rotatable bonds is 23. The standard InChI is InChI=1S/C46H80N2O8/c1-33(2)12-9-13-34(3)38-16-17-39-37-15-14-35-32-36(20-22-45(35,7)40(37)21-23-46(38,39)8)55-42(50)19-18-41(49)47-24-10-26-52-28-30-54-31-29-53-27-11-25-48-43(51)56-44(4,5)6/h14,33-34,36-40H,9-13,15-32H2,1-8H3,(H,47,49)(H,48,51)/t34-,36+,37+,38-,39+,40+,45+,46-/m1/s1. The molecule has 0 unspecified atom stereocenters. The second kappa shape index (κ2) is 22.3. The van der Waals surface area contributed by atoms with E-state index in [4.69, 9.17) is 23.7 Å². The lowest BCUT2D eigenvalue weighted by Crippen LogP contribution is -2.51. The van der Waals surface area contributed by atoms with E-state index in [1.54, 1.807) is 0 Å². The summed E-state index contributed by atoms with van der Waals surface area (Å²) in [4.78, 5) is 36.8. The Hall–Kier alpha value is -2.17. The predicted molar refractivity (Wildman–Crippen MR) is 221 cm³/mol. The lowest BCUT2D eigenvalue weighted by molar-refractivity contribution is -0.152. The van der Waals surface area contributed by atoms with Crippen LogP contribution in [-0.2, 0) is 33.3 Å². The minimum atomic E-state index is -0.503. The average Bonchev–Trinajstić information content (AvgIpc) is 3.49. The van der Waals surface area contributed by atoms with Crippen LogP contribution in [0.15, 0.2) is 11.6 Å². The van der Waals surface area contributed by atoms with E-state index in [0.717, 1.165) is 54.8 Å².